The van der Waals surface area contributed by atoms with E-state index in [0.29, 0.717) is 5.56 Å². The minimum atomic E-state index is -1.45. The highest BCUT2D eigenvalue weighted by molar-refractivity contribution is 5.97. The van der Waals surface area contributed by atoms with Gasteiger partial charge in [0.05, 0.1) is 12.6 Å². The minimum Gasteiger partial charge on any atom is -0.508 e. The molecule has 1 heterocycles. The highest BCUT2D eigenvalue weighted by Crippen LogP contribution is 2.24. The lowest BCUT2D eigenvalue weighted by Crippen LogP contribution is -2.47. The Balaban J connectivity index is 2.15. The Kier molecular flexibility index (Phi) is 12.2. The number of amides is 2. The summed E-state index contributed by atoms with van der Waals surface area (Å²) in [6.07, 6.45) is -5.05. The van der Waals surface area contributed by atoms with Crippen molar-refractivity contribution < 1.29 is 63.5 Å². The van der Waals surface area contributed by atoms with Crippen molar-refractivity contribution in [2.75, 3.05) is 6.61 Å². The van der Waals surface area contributed by atoms with Crippen molar-refractivity contribution in [1.29, 1.82) is 0 Å². The van der Waals surface area contributed by atoms with Gasteiger partial charge >= 0.3 is 23.9 Å². The van der Waals surface area contributed by atoms with Crippen molar-refractivity contribution in [3.8, 4) is 5.75 Å². The van der Waals surface area contributed by atoms with Crippen LogP contribution >= 0.6 is 0 Å². The van der Waals surface area contributed by atoms with Crippen LogP contribution in [0, 0.1) is 5.92 Å². The Bertz CT molecular complexity index is 1150. The smallest absolute Gasteiger partial charge is 0.338 e. The Hall–Kier alpha value is -4.53. The minimum absolute atomic E-state index is 0.0459. The van der Waals surface area contributed by atoms with Gasteiger partial charge in [-0.05, 0) is 37.5 Å². The van der Waals surface area contributed by atoms with Crippen LogP contribution in [0.3, 0.4) is 0 Å². The summed E-state index contributed by atoms with van der Waals surface area (Å²) in [6, 6.07) is 2.69. The van der Waals surface area contributed by atoms with Crippen LogP contribution in [-0.4, -0.2) is 92.8 Å². The molecule has 5 atom stereocenters. The molecule has 1 aromatic rings. The molecule has 1 aliphatic heterocycles. The molecule has 6 N–H and O–H groups in total. The van der Waals surface area contributed by atoms with Gasteiger partial charge in [0.15, 0.2) is 18.0 Å². The fourth-order valence-corrected chi connectivity index (χ4v) is 3.92. The number of carboxylic acid groups (broad SMARTS) is 3. The molecular weight excluding hydrogens is 548 g/mol. The van der Waals surface area contributed by atoms with Gasteiger partial charge in [-0.3, -0.25) is 24.0 Å². The van der Waals surface area contributed by atoms with Crippen molar-refractivity contribution in [2.24, 2.45) is 5.92 Å². The van der Waals surface area contributed by atoms with Gasteiger partial charge in [0.25, 0.3) is 5.91 Å². The average molecular weight is 581 g/mol. The number of carbonyl (C=O) groups is 7. The molecule has 1 fully saturated rings. The van der Waals surface area contributed by atoms with Crippen LogP contribution < -0.4 is 10.6 Å². The largest absolute Gasteiger partial charge is 0.508 e. The molecule has 0 saturated carbocycles. The van der Waals surface area contributed by atoms with Gasteiger partial charge in [0.2, 0.25) is 5.91 Å². The topological polar surface area (TPSA) is 246 Å². The number of aliphatic carboxylic acids is 3. The second-order valence-electron chi connectivity index (χ2n) is 9.29. The molecule has 2 amide bonds. The molecule has 1 aromatic carbocycles. The molecule has 224 valence electrons. The number of ketones is 1. The highest BCUT2D eigenvalue weighted by atomic mass is 16.6. The van der Waals surface area contributed by atoms with Crippen LogP contribution in [0.4, 0.5) is 0 Å². The monoisotopic (exact) mass is 580 g/mol. The summed E-state index contributed by atoms with van der Waals surface area (Å²) in [4.78, 5) is 84.6. The average Bonchev–Trinajstić information content (AvgIpc) is 3.70. The van der Waals surface area contributed by atoms with Crippen LogP contribution in [0.25, 0.3) is 0 Å². The first-order valence-corrected chi connectivity index (χ1v) is 12.7. The maximum atomic E-state index is 13.1. The van der Waals surface area contributed by atoms with Crippen LogP contribution in [0.5, 0.6) is 5.75 Å². The lowest BCUT2D eigenvalue weighted by atomic mass is 9.91. The molecule has 15 nitrogen and oxygen atoms in total. The van der Waals surface area contributed by atoms with E-state index in [9.17, 15) is 43.8 Å². The van der Waals surface area contributed by atoms with Crippen molar-refractivity contribution in [3.63, 3.8) is 0 Å². The number of phenols is 1. The SMILES string of the molecule is CCOC(=O)C1O[C@@H]1C(=O)N[C@@H](CCC(=O)O)C(=O)C[C@@H](CCC(=O)O)C(=O)N[C@@H](Cc1ccc(O)cc1)C(=O)O. The van der Waals surface area contributed by atoms with Crippen LogP contribution in [0.2, 0.25) is 0 Å². The number of ether oxygens (including phenoxy) is 2. The Morgan fingerprint density at radius 3 is 2.05 bits per heavy atom. The molecular formula is C26H32N2O13. The second-order valence-corrected chi connectivity index (χ2v) is 9.29. The van der Waals surface area contributed by atoms with E-state index in [2.05, 4.69) is 10.6 Å². The van der Waals surface area contributed by atoms with Gasteiger partial charge in [-0.2, -0.15) is 0 Å². The number of carbonyl (C=O) groups excluding carboxylic acids is 4. The van der Waals surface area contributed by atoms with Crippen molar-refractivity contribution in [2.45, 2.75) is 69.7 Å². The number of benzene rings is 1. The van der Waals surface area contributed by atoms with Gasteiger partial charge in [0, 0.05) is 31.6 Å². The first kappa shape index (κ1) is 32.7. The zero-order valence-corrected chi connectivity index (χ0v) is 22.1. The number of esters is 1. The van der Waals surface area contributed by atoms with Gasteiger partial charge in [-0.1, -0.05) is 12.1 Å². The number of hydrogen-bond donors (Lipinski definition) is 6. The van der Waals surface area contributed by atoms with E-state index in [1.54, 1.807) is 6.92 Å². The zero-order valence-electron chi connectivity index (χ0n) is 22.1. The number of epoxide rings is 1. The molecule has 41 heavy (non-hydrogen) atoms. The van der Waals surface area contributed by atoms with Crippen LogP contribution in [0.1, 0.15) is 44.6 Å². The number of rotatable bonds is 18. The van der Waals surface area contributed by atoms with Crippen LogP contribution in [-0.2, 0) is 49.5 Å². The summed E-state index contributed by atoms with van der Waals surface area (Å²) in [5, 5.41) is 41.8. The lowest BCUT2D eigenvalue weighted by molar-refractivity contribution is -0.144. The second kappa shape index (κ2) is 15.3. The highest BCUT2D eigenvalue weighted by Gasteiger charge is 2.52. The van der Waals surface area contributed by atoms with E-state index < -0.39 is 90.9 Å². The fourth-order valence-electron chi connectivity index (χ4n) is 3.92. The molecule has 0 bridgehead atoms. The van der Waals surface area contributed by atoms with E-state index in [1.165, 1.54) is 24.3 Å². The maximum Gasteiger partial charge on any atom is 0.338 e. The summed E-state index contributed by atoms with van der Waals surface area (Å²) in [6.45, 7) is 1.60. The molecule has 1 aliphatic rings. The third-order valence-corrected chi connectivity index (χ3v) is 6.14. The molecule has 2 rings (SSSR count). The number of nitrogens with one attached hydrogen (secondary N) is 2. The normalized spacial score (nSPS) is 17.8. The fraction of sp³-hybridized carbons (Fsp3) is 0.500. The lowest BCUT2D eigenvalue weighted by Gasteiger charge is -2.22. The first-order valence-electron chi connectivity index (χ1n) is 12.7. The first-order chi connectivity index (χ1) is 19.3. The number of carboxylic acids is 3. The zero-order chi connectivity index (χ0) is 30.7. The Morgan fingerprint density at radius 1 is 0.878 bits per heavy atom. The van der Waals surface area contributed by atoms with E-state index in [-0.39, 0.29) is 31.6 Å². The molecule has 0 aliphatic carbocycles. The molecule has 0 aromatic heterocycles. The van der Waals surface area contributed by atoms with Gasteiger partial charge in [-0.25, -0.2) is 9.59 Å². The van der Waals surface area contributed by atoms with Gasteiger partial charge in [0.1, 0.15) is 11.8 Å². The summed E-state index contributed by atoms with van der Waals surface area (Å²) in [5.41, 5.74) is 0.466. The Labute approximate surface area is 233 Å². The number of Topliss-reactive ketones (excluding diaryl/α,β-unsaturated/α-hetero) is 1. The van der Waals surface area contributed by atoms with Crippen LogP contribution in [0.15, 0.2) is 24.3 Å². The summed E-state index contributed by atoms with van der Waals surface area (Å²) < 4.78 is 9.75. The van der Waals surface area contributed by atoms with E-state index in [0.717, 1.165) is 0 Å². The molecule has 1 saturated heterocycles. The summed E-state index contributed by atoms with van der Waals surface area (Å²) >= 11 is 0. The third-order valence-electron chi connectivity index (χ3n) is 6.14. The van der Waals surface area contributed by atoms with Crippen molar-refractivity contribution in [1.82, 2.24) is 10.6 Å². The Morgan fingerprint density at radius 2 is 1.49 bits per heavy atom. The number of hydrogen-bond acceptors (Lipinski definition) is 10. The third kappa shape index (κ3) is 10.9. The molecule has 0 spiro atoms. The van der Waals surface area contributed by atoms with E-state index in [4.69, 9.17) is 19.7 Å². The summed E-state index contributed by atoms with van der Waals surface area (Å²) in [7, 11) is 0. The maximum absolute atomic E-state index is 13.1. The number of phenolic OH excluding ortho intramolecular Hbond substituents is 1. The molecule has 15 heteroatoms. The van der Waals surface area contributed by atoms with Crippen molar-refractivity contribution >= 4 is 41.5 Å². The van der Waals surface area contributed by atoms with E-state index in [1.807, 2.05) is 0 Å². The van der Waals surface area contributed by atoms with Gasteiger partial charge in [-0.15, -0.1) is 0 Å². The van der Waals surface area contributed by atoms with Crippen molar-refractivity contribution in [3.05, 3.63) is 29.8 Å². The predicted octanol–water partition coefficient (Wildman–Crippen LogP) is -0.376. The molecule has 0 radical (unpaired) electrons. The predicted molar refractivity (Wildman–Crippen MR) is 135 cm³/mol. The standard InChI is InChI=1S/C26H32N2O13/c1-2-40-26(39)22-21(41-22)24(36)27-16(8-10-20(33)34)18(30)12-14(5-9-19(31)32)23(35)28-17(25(37)38)11-13-3-6-15(29)7-4-13/h3-4,6-7,14,16-17,21-22,29H,2,5,8-12H2,1H3,(H,27,36)(H,28,35)(H,31,32)(H,33,34)(H,37,38)/t14-,16+,17+,21+,22?/m1/s1. The van der Waals surface area contributed by atoms with E-state index >= 15 is 0 Å². The van der Waals surface area contributed by atoms with Gasteiger partial charge < -0.3 is 40.5 Å². The molecule has 1 unspecified atom stereocenters. The number of aromatic hydroxyl groups is 1. The quantitative estimate of drug-likeness (QED) is 0.0959. The summed E-state index contributed by atoms with van der Waals surface area (Å²) in [5.74, 6) is -8.72.